The van der Waals surface area contributed by atoms with Crippen LogP contribution in [0.4, 0.5) is 0 Å². The Bertz CT molecular complexity index is 429. The predicted octanol–water partition coefficient (Wildman–Crippen LogP) is 1.01. The van der Waals surface area contributed by atoms with Gasteiger partial charge in [-0.3, -0.25) is 10.2 Å². The van der Waals surface area contributed by atoms with Crippen molar-refractivity contribution in [1.82, 2.24) is 15.3 Å². The van der Waals surface area contributed by atoms with Crippen LogP contribution in [0.15, 0.2) is 29.0 Å². The minimum Gasteiger partial charge on any atom is -0.414 e. The third-order valence-electron chi connectivity index (χ3n) is 2.74. The number of likely N-dealkylation sites (N-methyl/N-ethyl adjacent to an activating group) is 2. The fraction of sp³-hybridized carbons (Fsp3) is 0.500. The summed E-state index contributed by atoms with van der Waals surface area (Å²) in [7, 11) is 5.30. The lowest BCUT2D eigenvalue weighted by Crippen LogP contribution is -2.36. The maximum atomic E-state index is 11.2. The number of hydrogen-bond donors (Lipinski definition) is 2. The van der Waals surface area contributed by atoms with Gasteiger partial charge in [0.15, 0.2) is 0 Å². The van der Waals surface area contributed by atoms with Crippen LogP contribution in [0, 0.1) is 5.41 Å². The summed E-state index contributed by atoms with van der Waals surface area (Å²) in [4.78, 5) is 23.7. The van der Waals surface area contributed by atoms with Crippen molar-refractivity contribution < 1.29 is 9.63 Å². The predicted molar refractivity (Wildman–Crippen MR) is 85.2 cm³/mol. The number of amidine groups is 1. The van der Waals surface area contributed by atoms with Crippen molar-refractivity contribution in [3.05, 3.63) is 24.0 Å². The topological polar surface area (TPSA) is 81.0 Å². The molecule has 0 aliphatic rings. The van der Waals surface area contributed by atoms with Crippen molar-refractivity contribution in [2.45, 2.75) is 13.8 Å². The van der Waals surface area contributed by atoms with Crippen LogP contribution in [0.3, 0.4) is 0 Å². The molecule has 0 aromatic carbocycles. The molecule has 7 heteroatoms. The third-order valence-corrected chi connectivity index (χ3v) is 2.74. The Hall–Kier alpha value is -2.15. The summed E-state index contributed by atoms with van der Waals surface area (Å²) in [5, 5.41) is 7.11. The Morgan fingerprint density at radius 3 is 2.43 bits per heavy atom. The first-order valence-corrected chi connectivity index (χ1v) is 6.60. The summed E-state index contributed by atoms with van der Waals surface area (Å²) in [6.45, 7) is 4.57. The van der Waals surface area contributed by atoms with Gasteiger partial charge in [-0.15, -0.1) is 0 Å². The molecule has 0 rings (SSSR count). The zero-order valence-corrected chi connectivity index (χ0v) is 13.4. The summed E-state index contributed by atoms with van der Waals surface area (Å²) in [5.41, 5.74) is 2.58. The van der Waals surface area contributed by atoms with E-state index >= 15 is 0 Å². The molecule has 118 valence electrons. The molecular formula is C14H25N5O2. The van der Waals surface area contributed by atoms with Crippen LogP contribution >= 0.6 is 0 Å². The minimum atomic E-state index is 0.0206. The van der Waals surface area contributed by atoms with Crippen molar-refractivity contribution >= 4 is 18.1 Å². The highest BCUT2D eigenvalue weighted by atomic mass is 16.6. The molecule has 21 heavy (non-hydrogen) atoms. The van der Waals surface area contributed by atoms with Crippen LogP contribution in [0.1, 0.15) is 13.8 Å². The van der Waals surface area contributed by atoms with Gasteiger partial charge in [-0.1, -0.05) is 6.08 Å². The van der Waals surface area contributed by atoms with Gasteiger partial charge in [0.05, 0.1) is 0 Å². The number of aliphatic imine (C=N–C) groups is 1. The molecule has 0 bridgehead atoms. The number of hydrogen-bond acceptors (Lipinski definition) is 4. The molecule has 0 radical (unpaired) electrons. The van der Waals surface area contributed by atoms with Crippen molar-refractivity contribution in [1.29, 1.82) is 5.41 Å². The van der Waals surface area contributed by atoms with Crippen molar-refractivity contribution in [2.24, 2.45) is 4.99 Å². The first kappa shape index (κ1) is 18.9. The molecule has 7 nitrogen and oxygen atoms in total. The third kappa shape index (κ3) is 8.59. The van der Waals surface area contributed by atoms with E-state index in [1.807, 2.05) is 18.9 Å². The summed E-state index contributed by atoms with van der Waals surface area (Å²) in [6, 6.07) is 0. The Balaban J connectivity index is 4.64. The van der Waals surface area contributed by atoms with E-state index in [4.69, 9.17) is 10.2 Å². The van der Waals surface area contributed by atoms with Crippen LogP contribution in [0.25, 0.3) is 0 Å². The average molecular weight is 295 g/mol. The molecule has 0 atom stereocenters. The van der Waals surface area contributed by atoms with E-state index in [1.54, 1.807) is 37.2 Å². The molecule has 1 amide bonds. The number of rotatable bonds is 8. The molecule has 2 N–H and O–H groups in total. The molecule has 0 saturated heterocycles. The highest BCUT2D eigenvalue weighted by Gasteiger charge is 2.06. The number of amides is 1. The lowest BCUT2D eigenvalue weighted by molar-refractivity contribution is -0.127. The highest BCUT2D eigenvalue weighted by molar-refractivity contribution is 5.97. The van der Waals surface area contributed by atoms with Crippen molar-refractivity contribution in [3.8, 4) is 0 Å². The molecule has 0 saturated carbocycles. The molecular weight excluding hydrogens is 270 g/mol. The van der Waals surface area contributed by atoms with E-state index in [0.717, 1.165) is 6.34 Å². The van der Waals surface area contributed by atoms with E-state index in [-0.39, 0.29) is 5.91 Å². The number of nitrogens with zero attached hydrogens (tertiary/aromatic N) is 3. The van der Waals surface area contributed by atoms with Gasteiger partial charge in [0, 0.05) is 41.2 Å². The summed E-state index contributed by atoms with van der Waals surface area (Å²) < 4.78 is 0. The molecule has 0 unspecified atom stereocenters. The fourth-order valence-electron chi connectivity index (χ4n) is 1.37. The largest absolute Gasteiger partial charge is 0.414 e. The van der Waals surface area contributed by atoms with Gasteiger partial charge >= 0.3 is 0 Å². The minimum absolute atomic E-state index is 0.0206. The smallest absolute Gasteiger partial charge is 0.219 e. The van der Waals surface area contributed by atoms with Gasteiger partial charge in [-0.05, 0) is 19.1 Å². The molecule has 0 aromatic rings. The number of allylic oxidation sites excluding steroid dienone is 3. The van der Waals surface area contributed by atoms with Gasteiger partial charge < -0.3 is 14.6 Å². The van der Waals surface area contributed by atoms with Crippen LogP contribution in [-0.2, 0) is 9.63 Å². The monoisotopic (exact) mass is 295 g/mol. The standard InChI is InChI=1S/C14H25N5O2/c1-12(21-16-3)7-6-8-14(17-11-15)19(5)10-9-18(4)13(2)20/h6-8,11,15-16H,9-10H2,1-5H3/b8-6+,12-7+,15-11?,17-14+. The second-order valence-corrected chi connectivity index (χ2v) is 4.42. The molecule has 0 heterocycles. The highest BCUT2D eigenvalue weighted by Crippen LogP contribution is 1.96. The van der Waals surface area contributed by atoms with Crippen LogP contribution in [-0.4, -0.2) is 62.1 Å². The normalized spacial score (nSPS) is 12.4. The SMILES string of the molecule is CNO/C(C)=C/C=C/C(=N\C=N)N(C)CCN(C)C(C)=O. The summed E-state index contributed by atoms with van der Waals surface area (Å²) in [6.07, 6.45) is 6.35. The van der Waals surface area contributed by atoms with Gasteiger partial charge in [0.2, 0.25) is 5.91 Å². The molecule has 0 fully saturated rings. The van der Waals surface area contributed by atoms with E-state index in [1.165, 1.54) is 6.92 Å². The fourth-order valence-corrected chi connectivity index (χ4v) is 1.37. The van der Waals surface area contributed by atoms with Crippen molar-refractivity contribution in [3.63, 3.8) is 0 Å². The second kappa shape index (κ2) is 10.6. The summed E-state index contributed by atoms with van der Waals surface area (Å²) in [5.74, 6) is 1.37. The molecule has 0 aliphatic carbocycles. The van der Waals surface area contributed by atoms with E-state index in [2.05, 4.69) is 10.5 Å². The van der Waals surface area contributed by atoms with Gasteiger partial charge in [-0.2, -0.15) is 5.48 Å². The Morgan fingerprint density at radius 1 is 1.29 bits per heavy atom. The lowest BCUT2D eigenvalue weighted by atomic mass is 10.3. The van der Waals surface area contributed by atoms with E-state index in [9.17, 15) is 4.79 Å². The lowest BCUT2D eigenvalue weighted by Gasteiger charge is -2.22. The maximum absolute atomic E-state index is 11.2. The van der Waals surface area contributed by atoms with Crippen LogP contribution in [0.5, 0.6) is 0 Å². The Morgan fingerprint density at radius 2 is 1.90 bits per heavy atom. The second-order valence-electron chi connectivity index (χ2n) is 4.42. The quantitative estimate of drug-likeness (QED) is 0.230. The van der Waals surface area contributed by atoms with E-state index < -0.39 is 0 Å². The first-order chi connectivity index (χ1) is 9.92. The zero-order valence-electron chi connectivity index (χ0n) is 13.4. The van der Waals surface area contributed by atoms with Crippen LogP contribution in [0.2, 0.25) is 0 Å². The van der Waals surface area contributed by atoms with Crippen LogP contribution < -0.4 is 5.48 Å². The molecule has 0 spiro atoms. The van der Waals surface area contributed by atoms with E-state index in [0.29, 0.717) is 24.7 Å². The zero-order chi connectivity index (χ0) is 16.3. The number of hydroxylamine groups is 1. The van der Waals surface area contributed by atoms with Crippen molar-refractivity contribution in [2.75, 3.05) is 34.2 Å². The molecule has 0 aromatic heterocycles. The van der Waals surface area contributed by atoms with Gasteiger partial charge in [-0.25, -0.2) is 4.99 Å². The Labute approximate surface area is 126 Å². The maximum Gasteiger partial charge on any atom is 0.219 e. The van der Waals surface area contributed by atoms with Gasteiger partial charge in [0.25, 0.3) is 0 Å². The first-order valence-electron chi connectivity index (χ1n) is 6.60. The molecule has 0 aliphatic heterocycles. The number of carbonyl (C=O) groups excluding carboxylic acids is 1. The number of carbonyl (C=O) groups is 1. The summed E-state index contributed by atoms with van der Waals surface area (Å²) >= 11 is 0. The number of nitrogens with one attached hydrogen (secondary N) is 2. The Kier molecular flexibility index (Phi) is 9.53. The van der Waals surface area contributed by atoms with Gasteiger partial charge in [0.1, 0.15) is 17.9 Å². The average Bonchev–Trinajstić information content (AvgIpc) is 2.43.